The molecule has 0 aliphatic heterocycles. The Morgan fingerprint density at radius 2 is 2.35 bits per heavy atom. The second-order valence-electron chi connectivity index (χ2n) is 3.40. The summed E-state index contributed by atoms with van der Waals surface area (Å²) in [5.74, 6) is 0. The van der Waals surface area contributed by atoms with Crippen molar-refractivity contribution in [2.45, 2.75) is 6.42 Å². The van der Waals surface area contributed by atoms with Crippen LogP contribution < -0.4 is 5.32 Å². The van der Waals surface area contributed by atoms with Crippen molar-refractivity contribution >= 4 is 33.0 Å². The highest BCUT2D eigenvalue weighted by Crippen LogP contribution is 2.20. The normalized spacial score (nSPS) is 9.88. The van der Waals surface area contributed by atoms with E-state index in [9.17, 15) is 0 Å². The van der Waals surface area contributed by atoms with Crippen molar-refractivity contribution in [1.82, 2.24) is 4.98 Å². The second kappa shape index (κ2) is 5.80. The summed E-state index contributed by atoms with van der Waals surface area (Å²) in [6.45, 7) is 0.782. The van der Waals surface area contributed by atoms with Crippen LogP contribution in [0.5, 0.6) is 0 Å². The summed E-state index contributed by atoms with van der Waals surface area (Å²) in [6, 6.07) is 7.82. The van der Waals surface area contributed by atoms with Crippen LogP contribution in [-0.4, -0.2) is 11.5 Å². The van der Waals surface area contributed by atoms with Gasteiger partial charge in [0.1, 0.15) is 6.07 Å². The minimum Gasteiger partial charge on any atom is -0.384 e. The lowest BCUT2D eigenvalue weighted by Crippen LogP contribution is -2.05. The SMILES string of the molecule is N#Cc1cc(Br)ccc1NCCc1nccs1. The fourth-order valence-electron chi connectivity index (χ4n) is 1.44. The Balaban J connectivity index is 1.97. The van der Waals surface area contributed by atoms with Crippen molar-refractivity contribution in [1.29, 1.82) is 5.26 Å². The van der Waals surface area contributed by atoms with Gasteiger partial charge in [0.15, 0.2) is 0 Å². The predicted molar refractivity (Wildman–Crippen MR) is 73.2 cm³/mol. The highest BCUT2D eigenvalue weighted by Gasteiger charge is 2.02. The first-order valence-corrected chi connectivity index (χ1v) is 6.79. The first kappa shape index (κ1) is 12.1. The molecule has 17 heavy (non-hydrogen) atoms. The number of nitrogens with zero attached hydrogens (tertiary/aromatic N) is 2. The third-order valence-corrected chi connectivity index (χ3v) is 3.57. The van der Waals surface area contributed by atoms with E-state index in [4.69, 9.17) is 5.26 Å². The van der Waals surface area contributed by atoms with Crippen LogP contribution in [0.15, 0.2) is 34.2 Å². The van der Waals surface area contributed by atoms with Crippen LogP contribution in [0.3, 0.4) is 0 Å². The largest absolute Gasteiger partial charge is 0.384 e. The van der Waals surface area contributed by atoms with Crippen molar-refractivity contribution < 1.29 is 0 Å². The smallest absolute Gasteiger partial charge is 0.101 e. The Kier molecular flexibility index (Phi) is 4.13. The molecule has 0 unspecified atom stereocenters. The third-order valence-electron chi connectivity index (χ3n) is 2.24. The molecular weight excluding hydrogens is 298 g/mol. The van der Waals surface area contributed by atoms with Crippen LogP contribution in [0.4, 0.5) is 5.69 Å². The van der Waals surface area contributed by atoms with Crippen molar-refractivity contribution in [2.24, 2.45) is 0 Å². The van der Waals surface area contributed by atoms with Gasteiger partial charge in [-0.1, -0.05) is 15.9 Å². The van der Waals surface area contributed by atoms with E-state index in [0.29, 0.717) is 5.56 Å². The number of anilines is 1. The van der Waals surface area contributed by atoms with Crippen molar-refractivity contribution in [3.63, 3.8) is 0 Å². The third kappa shape index (κ3) is 3.29. The zero-order chi connectivity index (χ0) is 12.1. The van der Waals surface area contributed by atoms with Gasteiger partial charge in [-0.05, 0) is 18.2 Å². The van der Waals surface area contributed by atoms with Crippen LogP contribution in [0.2, 0.25) is 0 Å². The van der Waals surface area contributed by atoms with Crippen LogP contribution in [0, 0.1) is 11.3 Å². The number of halogens is 1. The maximum atomic E-state index is 9.01. The van der Waals surface area contributed by atoms with Gasteiger partial charge in [-0.15, -0.1) is 11.3 Å². The highest BCUT2D eigenvalue weighted by molar-refractivity contribution is 9.10. The lowest BCUT2D eigenvalue weighted by atomic mass is 10.2. The topological polar surface area (TPSA) is 48.7 Å². The maximum absolute atomic E-state index is 9.01. The summed E-state index contributed by atoms with van der Waals surface area (Å²) < 4.78 is 0.916. The minimum atomic E-state index is 0.651. The zero-order valence-electron chi connectivity index (χ0n) is 8.98. The number of nitriles is 1. The molecule has 0 aliphatic carbocycles. The van der Waals surface area contributed by atoms with Gasteiger partial charge in [0.25, 0.3) is 0 Å². The molecule has 0 spiro atoms. The second-order valence-corrected chi connectivity index (χ2v) is 5.30. The van der Waals surface area contributed by atoms with E-state index < -0.39 is 0 Å². The Morgan fingerprint density at radius 1 is 1.47 bits per heavy atom. The van der Waals surface area contributed by atoms with E-state index in [0.717, 1.165) is 28.1 Å². The number of rotatable bonds is 4. The van der Waals surface area contributed by atoms with E-state index >= 15 is 0 Å². The number of benzene rings is 1. The van der Waals surface area contributed by atoms with Gasteiger partial charge < -0.3 is 5.32 Å². The first-order valence-electron chi connectivity index (χ1n) is 5.11. The van der Waals surface area contributed by atoms with Gasteiger partial charge in [0.2, 0.25) is 0 Å². The Bertz CT molecular complexity index is 531. The number of aromatic nitrogens is 1. The lowest BCUT2D eigenvalue weighted by molar-refractivity contribution is 0.997. The average Bonchev–Trinajstić information content (AvgIpc) is 2.84. The van der Waals surface area contributed by atoms with E-state index in [2.05, 4.69) is 32.3 Å². The van der Waals surface area contributed by atoms with E-state index in [1.807, 2.05) is 23.6 Å². The highest BCUT2D eigenvalue weighted by atomic mass is 79.9. The molecule has 0 saturated heterocycles. The number of nitrogens with one attached hydrogen (secondary N) is 1. The fraction of sp³-hybridized carbons (Fsp3) is 0.167. The Morgan fingerprint density at radius 3 is 3.06 bits per heavy atom. The molecule has 1 N–H and O–H groups in total. The van der Waals surface area contributed by atoms with Crippen LogP contribution >= 0.6 is 27.3 Å². The molecule has 5 heteroatoms. The molecule has 1 aromatic heterocycles. The summed E-state index contributed by atoms with van der Waals surface area (Å²) in [7, 11) is 0. The van der Waals surface area contributed by atoms with Gasteiger partial charge in [0, 0.05) is 29.0 Å². The lowest BCUT2D eigenvalue weighted by Gasteiger charge is -2.07. The number of hydrogen-bond acceptors (Lipinski definition) is 4. The van der Waals surface area contributed by atoms with Gasteiger partial charge in [-0.25, -0.2) is 4.98 Å². The molecule has 2 aromatic rings. The van der Waals surface area contributed by atoms with Gasteiger partial charge in [0.05, 0.1) is 16.3 Å². The molecule has 0 atom stereocenters. The van der Waals surface area contributed by atoms with Gasteiger partial charge in [-0.2, -0.15) is 5.26 Å². The molecule has 0 fully saturated rings. The Hall–Kier alpha value is -1.38. The van der Waals surface area contributed by atoms with Crippen LogP contribution in [-0.2, 0) is 6.42 Å². The van der Waals surface area contributed by atoms with Crippen molar-refractivity contribution in [3.8, 4) is 6.07 Å². The zero-order valence-corrected chi connectivity index (χ0v) is 11.4. The molecule has 3 nitrogen and oxygen atoms in total. The molecule has 1 heterocycles. The van der Waals surface area contributed by atoms with Crippen molar-refractivity contribution in [2.75, 3.05) is 11.9 Å². The average molecular weight is 308 g/mol. The summed E-state index contributed by atoms with van der Waals surface area (Å²) in [4.78, 5) is 4.21. The fourth-order valence-corrected chi connectivity index (χ4v) is 2.43. The van der Waals surface area contributed by atoms with Crippen LogP contribution in [0.1, 0.15) is 10.6 Å². The molecule has 86 valence electrons. The minimum absolute atomic E-state index is 0.651. The molecular formula is C12H10BrN3S. The molecule has 0 bridgehead atoms. The predicted octanol–water partition coefficient (Wildman–Crippen LogP) is 3.43. The summed E-state index contributed by atoms with van der Waals surface area (Å²) >= 11 is 5.00. The standard InChI is InChI=1S/C12H10BrN3S/c13-10-1-2-11(9(7-10)8-14)15-4-3-12-16-5-6-17-12/h1-2,5-7,15H,3-4H2. The van der Waals surface area contributed by atoms with Crippen LogP contribution in [0.25, 0.3) is 0 Å². The quantitative estimate of drug-likeness (QED) is 0.941. The first-order chi connectivity index (χ1) is 8.29. The monoisotopic (exact) mass is 307 g/mol. The number of hydrogen-bond donors (Lipinski definition) is 1. The molecule has 1 aromatic carbocycles. The van der Waals surface area contributed by atoms with E-state index in [-0.39, 0.29) is 0 Å². The molecule has 0 radical (unpaired) electrons. The summed E-state index contributed by atoms with van der Waals surface area (Å²) in [5.41, 5.74) is 1.52. The van der Waals surface area contributed by atoms with Gasteiger partial charge >= 0.3 is 0 Å². The molecule has 0 saturated carbocycles. The molecule has 0 amide bonds. The Labute approximate surface area is 112 Å². The number of thiazole rings is 1. The molecule has 2 rings (SSSR count). The van der Waals surface area contributed by atoms with Crippen molar-refractivity contribution in [3.05, 3.63) is 44.8 Å². The van der Waals surface area contributed by atoms with E-state index in [1.165, 1.54) is 0 Å². The maximum Gasteiger partial charge on any atom is 0.101 e. The summed E-state index contributed by atoms with van der Waals surface area (Å²) in [6.07, 6.45) is 2.68. The van der Waals surface area contributed by atoms with E-state index in [1.54, 1.807) is 17.5 Å². The molecule has 0 aliphatic rings. The van der Waals surface area contributed by atoms with Gasteiger partial charge in [-0.3, -0.25) is 0 Å². The summed E-state index contributed by atoms with van der Waals surface area (Å²) in [5, 5.41) is 15.3.